The number of nitrogens with zero attached hydrogens (tertiary/aromatic N) is 5. The second-order valence-electron chi connectivity index (χ2n) is 8.03. The van der Waals surface area contributed by atoms with Crippen LogP contribution in [0.4, 0.5) is 11.5 Å². The van der Waals surface area contributed by atoms with Crippen LogP contribution in [-0.2, 0) is 16.4 Å². The highest BCUT2D eigenvalue weighted by Crippen LogP contribution is 2.28. The fourth-order valence-corrected chi connectivity index (χ4v) is 4.47. The molecule has 0 radical (unpaired) electrons. The molecule has 2 aromatic rings. The second kappa shape index (κ2) is 9.27. The first kappa shape index (κ1) is 23.1. The van der Waals surface area contributed by atoms with Gasteiger partial charge in [-0.3, -0.25) is 10.1 Å². The zero-order chi connectivity index (χ0) is 22.8. The van der Waals surface area contributed by atoms with Gasteiger partial charge in [-0.25, -0.2) is 18.4 Å². The van der Waals surface area contributed by atoms with Gasteiger partial charge in [0.15, 0.2) is 0 Å². The van der Waals surface area contributed by atoms with Crippen molar-refractivity contribution in [1.29, 1.82) is 0 Å². The van der Waals surface area contributed by atoms with E-state index in [4.69, 9.17) is 9.97 Å². The van der Waals surface area contributed by atoms with Crippen LogP contribution < -0.4 is 4.90 Å². The fraction of sp³-hybridized carbons (Fsp3) is 0.524. The zero-order valence-electron chi connectivity index (χ0n) is 18.4. The number of nitro benzene ring substituents is 1. The third kappa shape index (κ3) is 5.37. The molecule has 1 atom stereocenters. The summed E-state index contributed by atoms with van der Waals surface area (Å²) in [7, 11) is -3.22. The van der Waals surface area contributed by atoms with E-state index in [1.165, 1.54) is 22.7 Å². The topological polar surface area (TPSA) is 110 Å². The van der Waals surface area contributed by atoms with Gasteiger partial charge in [-0.05, 0) is 18.9 Å². The monoisotopic (exact) mass is 447 g/mol. The number of piperazine rings is 1. The summed E-state index contributed by atoms with van der Waals surface area (Å²) in [4.78, 5) is 22.3. The third-order valence-electron chi connectivity index (χ3n) is 5.80. The SMILES string of the molecule is CC[C@@H](C)c1nc(C)c(Cc2ccc([N+](=O)[O-])cc2)c(N2CCN(S(C)(=O)=O)CC2)n1. The first-order chi connectivity index (χ1) is 14.6. The Balaban J connectivity index is 1.95. The van der Waals surface area contributed by atoms with Crippen LogP contribution in [0.1, 0.15) is 48.8 Å². The molecular formula is C21H29N5O4S. The van der Waals surface area contributed by atoms with Crippen LogP contribution in [0.25, 0.3) is 0 Å². The van der Waals surface area contributed by atoms with E-state index < -0.39 is 14.9 Å². The lowest BCUT2D eigenvalue weighted by atomic mass is 10.0. The van der Waals surface area contributed by atoms with Crippen LogP contribution >= 0.6 is 0 Å². The van der Waals surface area contributed by atoms with Crippen LogP contribution in [0.2, 0.25) is 0 Å². The Morgan fingerprint density at radius 2 is 1.74 bits per heavy atom. The van der Waals surface area contributed by atoms with Crippen molar-refractivity contribution in [3.8, 4) is 0 Å². The molecule has 2 heterocycles. The summed E-state index contributed by atoms with van der Waals surface area (Å²) in [6.45, 7) is 8.09. The number of sulfonamides is 1. The Kier molecular flexibility index (Phi) is 6.90. The summed E-state index contributed by atoms with van der Waals surface area (Å²) in [5, 5.41) is 10.9. The van der Waals surface area contributed by atoms with E-state index in [0.717, 1.165) is 34.9 Å². The molecule has 9 nitrogen and oxygen atoms in total. The van der Waals surface area contributed by atoms with Gasteiger partial charge in [-0.2, -0.15) is 4.31 Å². The van der Waals surface area contributed by atoms with Crippen molar-refractivity contribution in [2.24, 2.45) is 0 Å². The standard InChI is InChI=1S/C21H29N5O4S/c1-5-15(2)20-22-16(3)19(14-17-6-8-18(9-7-17)26(27)28)21(23-20)24-10-12-25(13-11-24)31(4,29)30/h6-9,15H,5,10-14H2,1-4H3/t15-/m1/s1. The zero-order valence-corrected chi connectivity index (χ0v) is 19.2. The lowest BCUT2D eigenvalue weighted by molar-refractivity contribution is -0.384. The molecule has 1 saturated heterocycles. The van der Waals surface area contributed by atoms with Gasteiger partial charge >= 0.3 is 0 Å². The van der Waals surface area contributed by atoms with Crippen LogP contribution in [0.5, 0.6) is 0 Å². The molecule has 0 amide bonds. The molecule has 1 aromatic carbocycles. The predicted molar refractivity (Wildman–Crippen MR) is 120 cm³/mol. The number of non-ortho nitro benzene ring substituents is 1. The van der Waals surface area contributed by atoms with Crippen molar-refractivity contribution in [2.75, 3.05) is 37.3 Å². The van der Waals surface area contributed by atoms with Crippen LogP contribution in [0.15, 0.2) is 24.3 Å². The van der Waals surface area contributed by atoms with E-state index in [1.54, 1.807) is 12.1 Å². The van der Waals surface area contributed by atoms with Crippen LogP contribution in [0.3, 0.4) is 0 Å². The summed E-state index contributed by atoms with van der Waals surface area (Å²) in [6, 6.07) is 6.52. The number of anilines is 1. The van der Waals surface area contributed by atoms with Crippen LogP contribution in [0, 0.1) is 17.0 Å². The van der Waals surface area contributed by atoms with Gasteiger partial charge in [0.2, 0.25) is 10.0 Å². The molecule has 31 heavy (non-hydrogen) atoms. The molecule has 1 aliphatic rings. The summed E-state index contributed by atoms with van der Waals surface area (Å²) in [6.07, 6.45) is 2.70. The molecule has 3 rings (SSSR count). The van der Waals surface area contributed by atoms with Gasteiger partial charge in [0, 0.05) is 61.9 Å². The lowest BCUT2D eigenvalue weighted by Gasteiger charge is -2.35. The maximum Gasteiger partial charge on any atom is 0.269 e. The highest BCUT2D eigenvalue weighted by molar-refractivity contribution is 7.88. The van der Waals surface area contributed by atoms with E-state index >= 15 is 0 Å². The first-order valence-electron chi connectivity index (χ1n) is 10.4. The number of aromatic nitrogens is 2. The van der Waals surface area contributed by atoms with Crippen molar-refractivity contribution >= 4 is 21.5 Å². The Morgan fingerprint density at radius 3 is 2.26 bits per heavy atom. The van der Waals surface area contributed by atoms with Crippen molar-refractivity contribution in [3.05, 3.63) is 57.0 Å². The molecular weight excluding hydrogens is 418 g/mol. The number of aryl methyl sites for hydroxylation is 1. The molecule has 0 unspecified atom stereocenters. The molecule has 0 saturated carbocycles. The van der Waals surface area contributed by atoms with E-state index in [1.807, 2.05) is 6.92 Å². The number of nitro groups is 1. The molecule has 0 bridgehead atoms. The molecule has 10 heteroatoms. The van der Waals surface area contributed by atoms with E-state index in [9.17, 15) is 18.5 Å². The average Bonchev–Trinajstić information content (AvgIpc) is 2.74. The minimum absolute atomic E-state index is 0.0564. The van der Waals surface area contributed by atoms with Gasteiger partial charge in [0.05, 0.1) is 11.2 Å². The van der Waals surface area contributed by atoms with E-state index in [0.29, 0.717) is 32.6 Å². The largest absolute Gasteiger partial charge is 0.354 e. The van der Waals surface area contributed by atoms with Crippen molar-refractivity contribution < 1.29 is 13.3 Å². The summed E-state index contributed by atoms with van der Waals surface area (Å²) in [5.41, 5.74) is 2.84. The third-order valence-corrected chi connectivity index (χ3v) is 7.10. The van der Waals surface area contributed by atoms with Crippen LogP contribution in [-0.4, -0.2) is 60.0 Å². The smallest absolute Gasteiger partial charge is 0.269 e. The number of rotatable bonds is 7. The molecule has 168 valence electrons. The normalized spacial score (nSPS) is 16.3. The van der Waals surface area contributed by atoms with E-state index in [2.05, 4.69) is 18.7 Å². The highest BCUT2D eigenvalue weighted by Gasteiger charge is 2.27. The van der Waals surface area contributed by atoms with Crippen molar-refractivity contribution in [1.82, 2.24) is 14.3 Å². The minimum Gasteiger partial charge on any atom is -0.354 e. The Bertz CT molecular complexity index is 1050. The van der Waals surface area contributed by atoms with E-state index in [-0.39, 0.29) is 11.6 Å². The highest BCUT2D eigenvalue weighted by atomic mass is 32.2. The van der Waals surface area contributed by atoms with Gasteiger partial charge in [-0.1, -0.05) is 26.0 Å². The second-order valence-corrected chi connectivity index (χ2v) is 10.0. The molecule has 1 aliphatic heterocycles. The molecule has 1 fully saturated rings. The Morgan fingerprint density at radius 1 is 1.13 bits per heavy atom. The first-order valence-corrected chi connectivity index (χ1v) is 12.3. The minimum atomic E-state index is -3.22. The molecule has 0 spiro atoms. The predicted octanol–water partition coefficient (Wildman–Crippen LogP) is 2.88. The van der Waals surface area contributed by atoms with Crippen molar-refractivity contribution in [2.45, 2.75) is 39.5 Å². The lowest BCUT2D eigenvalue weighted by Crippen LogP contribution is -2.49. The molecule has 0 aliphatic carbocycles. The maximum atomic E-state index is 11.9. The average molecular weight is 448 g/mol. The van der Waals surface area contributed by atoms with Crippen molar-refractivity contribution in [3.63, 3.8) is 0 Å². The van der Waals surface area contributed by atoms with Gasteiger partial charge in [0.25, 0.3) is 5.69 Å². The fourth-order valence-electron chi connectivity index (χ4n) is 3.64. The number of benzene rings is 1. The maximum absolute atomic E-state index is 11.9. The number of hydrogen-bond acceptors (Lipinski definition) is 7. The van der Waals surface area contributed by atoms with Gasteiger partial charge < -0.3 is 4.90 Å². The Hall–Kier alpha value is -2.59. The van der Waals surface area contributed by atoms with Gasteiger partial charge in [-0.15, -0.1) is 0 Å². The molecule has 1 aromatic heterocycles. The summed E-state index contributed by atoms with van der Waals surface area (Å²) >= 11 is 0. The number of hydrogen-bond donors (Lipinski definition) is 0. The van der Waals surface area contributed by atoms with Gasteiger partial charge in [0.1, 0.15) is 11.6 Å². The Labute approximate surface area is 183 Å². The summed E-state index contributed by atoms with van der Waals surface area (Å²) in [5.74, 6) is 1.82. The summed E-state index contributed by atoms with van der Waals surface area (Å²) < 4.78 is 25.3. The molecule has 0 N–H and O–H groups in total. The quantitative estimate of drug-likeness (QED) is 0.474.